The second kappa shape index (κ2) is 9.32. The van der Waals surface area contributed by atoms with Crippen molar-refractivity contribution < 1.29 is 22.3 Å². The van der Waals surface area contributed by atoms with Crippen LogP contribution in [0, 0.1) is 12.7 Å². The summed E-state index contributed by atoms with van der Waals surface area (Å²) in [5.74, 6) is -1.20. The van der Waals surface area contributed by atoms with Crippen LogP contribution in [-0.4, -0.2) is 27.5 Å². The maximum atomic E-state index is 14.5. The third kappa shape index (κ3) is 5.38. The summed E-state index contributed by atoms with van der Waals surface area (Å²) in [7, 11) is -2.91. The molecule has 0 aromatic heterocycles. The van der Waals surface area contributed by atoms with Gasteiger partial charge >= 0.3 is 5.97 Å². The molecule has 2 aromatic rings. The number of carbonyl (C=O) groups excluding carboxylic acids is 1. The Morgan fingerprint density at radius 2 is 1.66 bits per heavy atom. The van der Waals surface area contributed by atoms with E-state index in [1.165, 1.54) is 25.2 Å². The van der Waals surface area contributed by atoms with Gasteiger partial charge in [0.2, 0.25) is 10.0 Å². The summed E-state index contributed by atoms with van der Waals surface area (Å²) >= 11 is 0. The lowest BCUT2D eigenvalue weighted by Gasteiger charge is -2.30. The fourth-order valence-electron chi connectivity index (χ4n) is 4.27. The zero-order chi connectivity index (χ0) is 23.7. The van der Waals surface area contributed by atoms with Gasteiger partial charge in [-0.1, -0.05) is 45.0 Å². The van der Waals surface area contributed by atoms with E-state index in [2.05, 4.69) is 54.5 Å². The number of methoxy groups -OCH3 is 1. The van der Waals surface area contributed by atoms with Crippen molar-refractivity contribution in [3.8, 4) is 0 Å². The molecule has 1 aliphatic rings. The Labute approximate surface area is 190 Å². The van der Waals surface area contributed by atoms with Gasteiger partial charge in [0.25, 0.3) is 0 Å². The summed E-state index contributed by atoms with van der Waals surface area (Å²) in [6.07, 6.45) is 3.04. The second-order valence-electron chi connectivity index (χ2n) is 9.63. The lowest BCUT2D eigenvalue weighted by Crippen LogP contribution is -2.37. The summed E-state index contributed by atoms with van der Waals surface area (Å²) in [5, 5.41) is 0. The molecule has 1 saturated carbocycles. The van der Waals surface area contributed by atoms with E-state index in [0.717, 1.165) is 25.0 Å². The number of carbonyl (C=O) groups is 1. The van der Waals surface area contributed by atoms with Gasteiger partial charge < -0.3 is 4.74 Å². The van der Waals surface area contributed by atoms with E-state index in [4.69, 9.17) is 0 Å². The first kappa shape index (κ1) is 24.4. The zero-order valence-electron chi connectivity index (χ0n) is 19.4. The molecule has 1 fully saturated rings. The second-order valence-corrected chi connectivity index (χ2v) is 11.3. The number of benzene rings is 2. The predicted molar refractivity (Wildman–Crippen MR) is 123 cm³/mol. The summed E-state index contributed by atoms with van der Waals surface area (Å²) in [5.41, 5.74) is 3.02. The van der Waals surface area contributed by atoms with E-state index in [9.17, 15) is 17.6 Å². The SMILES string of the molecule is COC(=O)c1cc(S(=O)(=O)NC2CCC(c3ccc(C(C)(C)C)cc3)CC2)c(F)cc1C. The Hall–Kier alpha value is -2.25. The molecular weight excluding hydrogens is 429 g/mol. The third-order valence-corrected chi connectivity index (χ3v) is 7.81. The van der Waals surface area contributed by atoms with Crippen molar-refractivity contribution in [2.75, 3.05) is 7.11 Å². The largest absolute Gasteiger partial charge is 0.465 e. The van der Waals surface area contributed by atoms with E-state index in [1.54, 1.807) is 0 Å². The lowest BCUT2D eigenvalue weighted by molar-refractivity contribution is 0.0599. The molecule has 0 unspecified atom stereocenters. The molecule has 2 aromatic carbocycles. The molecular formula is C25H32FNO4S. The molecule has 1 aliphatic carbocycles. The average molecular weight is 462 g/mol. The van der Waals surface area contributed by atoms with Crippen LogP contribution in [0.15, 0.2) is 41.3 Å². The average Bonchev–Trinajstić information content (AvgIpc) is 2.73. The number of hydrogen-bond donors (Lipinski definition) is 1. The van der Waals surface area contributed by atoms with E-state index < -0.39 is 26.7 Å². The van der Waals surface area contributed by atoms with Crippen LogP contribution in [0.5, 0.6) is 0 Å². The standard InChI is InChI=1S/C25H32FNO4S/c1-16-14-22(26)23(15-21(16)24(28)31-5)32(29,30)27-20-12-8-18(9-13-20)17-6-10-19(11-7-17)25(2,3)4/h6-7,10-11,14-15,18,20,27H,8-9,12-13H2,1-5H3. The van der Waals surface area contributed by atoms with Crippen LogP contribution >= 0.6 is 0 Å². The van der Waals surface area contributed by atoms with Gasteiger partial charge in [0.1, 0.15) is 10.7 Å². The summed E-state index contributed by atoms with van der Waals surface area (Å²) in [6, 6.07) is 10.5. The molecule has 0 aliphatic heterocycles. The number of ether oxygens (including phenoxy) is 1. The summed E-state index contributed by atoms with van der Waals surface area (Å²) in [6.45, 7) is 8.09. The number of aryl methyl sites for hydroxylation is 1. The van der Waals surface area contributed by atoms with Gasteiger partial charge in [-0.3, -0.25) is 0 Å². The van der Waals surface area contributed by atoms with Crippen molar-refractivity contribution in [1.82, 2.24) is 4.72 Å². The molecule has 1 N–H and O–H groups in total. The van der Waals surface area contributed by atoms with Crippen LogP contribution in [-0.2, 0) is 20.2 Å². The first-order valence-corrected chi connectivity index (χ1v) is 12.4. The highest BCUT2D eigenvalue weighted by Crippen LogP contribution is 2.35. The summed E-state index contributed by atoms with van der Waals surface area (Å²) < 4.78 is 47.5. The molecule has 3 rings (SSSR count). The van der Waals surface area contributed by atoms with Gasteiger partial charge in [-0.2, -0.15) is 0 Å². The molecule has 174 valence electrons. The fourth-order valence-corrected chi connectivity index (χ4v) is 5.66. The number of esters is 1. The highest BCUT2D eigenvalue weighted by Gasteiger charge is 2.29. The molecule has 7 heteroatoms. The topological polar surface area (TPSA) is 72.5 Å². The Bertz CT molecular complexity index is 1080. The zero-order valence-corrected chi connectivity index (χ0v) is 20.2. The van der Waals surface area contributed by atoms with Crippen LogP contribution in [0.25, 0.3) is 0 Å². The number of halogens is 1. The fraction of sp³-hybridized carbons (Fsp3) is 0.480. The van der Waals surface area contributed by atoms with E-state index >= 15 is 0 Å². The highest BCUT2D eigenvalue weighted by molar-refractivity contribution is 7.89. The van der Waals surface area contributed by atoms with Crippen molar-refractivity contribution >= 4 is 16.0 Å². The Kier molecular flexibility index (Phi) is 7.10. The van der Waals surface area contributed by atoms with Gasteiger partial charge in [-0.05, 0) is 72.8 Å². The Morgan fingerprint density at radius 1 is 1.06 bits per heavy atom. The van der Waals surface area contributed by atoms with Gasteiger partial charge in [0.05, 0.1) is 12.7 Å². The molecule has 0 saturated heterocycles. The van der Waals surface area contributed by atoms with E-state index in [1.807, 2.05) is 0 Å². The number of rotatable bonds is 5. The summed E-state index contributed by atoms with van der Waals surface area (Å²) in [4.78, 5) is 11.4. The van der Waals surface area contributed by atoms with E-state index in [-0.39, 0.29) is 17.0 Å². The van der Waals surface area contributed by atoms with Crippen LogP contribution < -0.4 is 4.72 Å². The van der Waals surface area contributed by atoms with E-state index in [0.29, 0.717) is 24.3 Å². The van der Waals surface area contributed by atoms with Crippen molar-refractivity contribution in [1.29, 1.82) is 0 Å². The van der Waals surface area contributed by atoms with Crippen LogP contribution in [0.3, 0.4) is 0 Å². The third-order valence-electron chi connectivity index (χ3n) is 6.27. The molecule has 0 atom stereocenters. The molecule has 0 amide bonds. The van der Waals surface area contributed by atoms with Gasteiger partial charge in [-0.25, -0.2) is 22.3 Å². The molecule has 0 bridgehead atoms. The van der Waals surface area contributed by atoms with Crippen molar-refractivity contribution in [2.45, 2.75) is 75.6 Å². The first-order valence-electron chi connectivity index (χ1n) is 10.9. The van der Waals surface area contributed by atoms with Gasteiger partial charge in [0.15, 0.2) is 0 Å². The Balaban J connectivity index is 1.69. The van der Waals surface area contributed by atoms with Crippen molar-refractivity contribution in [3.63, 3.8) is 0 Å². The van der Waals surface area contributed by atoms with Gasteiger partial charge in [-0.15, -0.1) is 0 Å². The quantitative estimate of drug-likeness (QED) is 0.620. The number of sulfonamides is 1. The maximum Gasteiger partial charge on any atom is 0.338 e. The van der Waals surface area contributed by atoms with Crippen LogP contribution in [0.4, 0.5) is 4.39 Å². The minimum Gasteiger partial charge on any atom is -0.465 e. The van der Waals surface area contributed by atoms with Crippen molar-refractivity contribution in [2.24, 2.45) is 0 Å². The predicted octanol–water partition coefficient (Wildman–Crippen LogP) is 5.22. The van der Waals surface area contributed by atoms with Crippen LogP contribution in [0.2, 0.25) is 0 Å². The molecule has 5 nitrogen and oxygen atoms in total. The Morgan fingerprint density at radius 3 is 2.19 bits per heavy atom. The first-order chi connectivity index (χ1) is 14.9. The lowest BCUT2D eigenvalue weighted by atomic mass is 9.80. The normalized spacial score (nSPS) is 19.6. The minimum atomic E-state index is -4.11. The monoisotopic (exact) mass is 461 g/mol. The molecule has 32 heavy (non-hydrogen) atoms. The van der Waals surface area contributed by atoms with Crippen LogP contribution in [0.1, 0.15) is 79.4 Å². The van der Waals surface area contributed by atoms with Gasteiger partial charge in [0, 0.05) is 6.04 Å². The number of hydrogen-bond acceptors (Lipinski definition) is 4. The molecule has 0 spiro atoms. The number of nitrogens with one attached hydrogen (secondary N) is 1. The minimum absolute atomic E-state index is 0.0386. The smallest absolute Gasteiger partial charge is 0.338 e. The van der Waals surface area contributed by atoms with Crippen molar-refractivity contribution in [3.05, 3.63) is 64.5 Å². The molecule has 0 radical (unpaired) electrons. The highest BCUT2D eigenvalue weighted by atomic mass is 32.2. The maximum absolute atomic E-state index is 14.5. The molecule has 0 heterocycles.